The van der Waals surface area contributed by atoms with E-state index >= 15 is 0 Å². The smallest absolute Gasteiger partial charge is 0.346 e. The van der Waals surface area contributed by atoms with E-state index in [9.17, 15) is 4.79 Å². The van der Waals surface area contributed by atoms with Gasteiger partial charge in [-0.05, 0) is 18.1 Å². The molecule has 4 nitrogen and oxygen atoms in total. The number of carbonyl (C=O) groups is 1. The summed E-state index contributed by atoms with van der Waals surface area (Å²) in [7, 11) is 1.76. The summed E-state index contributed by atoms with van der Waals surface area (Å²) in [5.41, 5.74) is 1.48. The first kappa shape index (κ1) is 11.4. The van der Waals surface area contributed by atoms with Gasteiger partial charge in [-0.1, -0.05) is 25.1 Å². The van der Waals surface area contributed by atoms with Gasteiger partial charge in [0.15, 0.2) is 0 Å². The fourth-order valence-electron chi connectivity index (χ4n) is 1.58. The van der Waals surface area contributed by atoms with Crippen LogP contribution in [0.4, 0.5) is 0 Å². The lowest BCUT2D eigenvalue weighted by molar-refractivity contribution is 0.0733. The van der Waals surface area contributed by atoms with Crippen molar-refractivity contribution in [2.75, 3.05) is 0 Å². The summed E-state index contributed by atoms with van der Waals surface area (Å²) in [6, 6.07) is 7.53. The zero-order chi connectivity index (χ0) is 12.3. The quantitative estimate of drug-likeness (QED) is 0.599. The van der Waals surface area contributed by atoms with E-state index in [1.807, 2.05) is 25.1 Å². The van der Waals surface area contributed by atoms with Gasteiger partial charge < -0.3 is 4.74 Å². The third-order valence-electron chi connectivity index (χ3n) is 2.50. The molecule has 0 fully saturated rings. The van der Waals surface area contributed by atoms with Crippen LogP contribution in [0.15, 0.2) is 36.7 Å². The monoisotopic (exact) mass is 230 g/mol. The van der Waals surface area contributed by atoms with Gasteiger partial charge in [-0.2, -0.15) is 5.10 Å². The number of aromatic nitrogens is 2. The molecule has 4 heteroatoms. The van der Waals surface area contributed by atoms with E-state index in [0.29, 0.717) is 11.3 Å². The van der Waals surface area contributed by atoms with Crippen molar-refractivity contribution < 1.29 is 9.53 Å². The minimum absolute atomic E-state index is 0.376. The molecule has 0 unspecified atom stereocenters. The average Bonchev–Trinajstić information content (AvgIpc) is 2.77. The van der Waals surface area contributed by atoms with Crippen molar-refractivity contribution in [2.24, 2.45) is 7.05 Å². The summed E-state index contributed by atoms with van der Waals surface area (Å²) in [4.78, 5) is 11.8. The number of rotatable bonds is 3. The van der Waals surface area contributed by atoms with Crippen LogP contribution in [0.1, 0.15) is 22.8 Å². The van der Waals surface area contributed by atoms with Gasteiger partial charge in [0.1, 0.15) is 5.75 Å². The molecule has 0 N–H and O–H groups in total. The molecule has 2 rings (SSSR count). The number of ether oxygens (including phenoxy) is 1. The predicted molar refractivity (Wildman–Crippen MR) is 64.0 cm³/mol. The molecule has 88 valence electrons. The molecule has 2 aromatic rings. The van der Waals surface area contributed by atoms with Crippen molar-refractivity contribution >= 4 is 5.97 Å². The number of nitrogens with zero attached hydrogens (tertiary/aromatic N) is 2. The molecular formula is C13H14N2O2. The van der Waals surface area contributed by atoms with Gasteiger partial charge in [-0.25, -0.2) is 4.79 Å². The van der Waals surface area contributed by atoms with Crippen LogP contribution < -0.4 is 4.74 Å². The summed E-state index contributed by atoms with van der Waals surface area (Å²) in [5, 5.41) is 3.94. The second kappa shape index (κ2) is 4.82. The second-order valence-corrected chi connectivity index (χ2v) is 3.75. The lowest BCUT2D eigenvalue weighted by atomic mass is 10.1. The highest BCUT2D eigenvalue weighted by Crippen LogP contribution is 2.19. The van der Waals surface area contributed by atoms with E-state index in [1.54, 1.807) is 24.0 Å². The Labute approximate surface area is 99.8 Å². The third-order valence-corrected chi connectivity index (χ3v) is 2.50. The van der Waals surface area contributed by atoms with Crippen LogP contribution in [-0.2, 0) is 13.5 Å². The normalized spacial score (nSPS) is 10.2. The van der Waals surface area contributed by atoms with Crippen LogP contribution in [0.5, 0.6) is 5.75 Å². The molecule has 0 atom stereocenters. The summed E-state index contributed by atoms with van der Waals surface area (Å²) in [5.74, 6) is 0.239. The maximum Gasteiger partial charge on any atom is 0.346 e. The molecule has 0 saturated carbocycles. The van der Waals surface area contributed by atoms with E-state index < -0.39 is 0 Å². The zero-order valence-corrected chi connectivity index (χ0v) is 9.88. The van der Waals surface area contributed by atoms with Crippen LogP contribution in [-0.4, -0.2) is 15.7 Å². The Kier molecular flexibility index (Phi) is 3.23. The number of para-hydroxylation sites is 1. The molecule has 0 amide bonds. The van der Waals surface area contributed by atoms with Gasteiger partial charge in [0.25, 0.3) is 0 Å². The molecule has 0 spiro atoms. The van der Waals surface area contributed by atoms with Crippen molar-refractivity contribution in [1.29, 1.82) is 0 Å². The highest BCUT2D eigenvalue weighted by atomic mass is 16.5. The van der Waals surface area contributed by atoms with Gasteiger partial charge in [-0.15, -0.1) is 0 Å². The zero-order valence-electron chi connectivity index (χ0n) is 9.88. The fourth-order valence-corrected chi connectivity index (χ4v) is 1.58. The molecule has 0 saturated heterocycles. The molecule has 17 heavy (non-hydrogen) atoms. The van der Waals surface area contributed by atoms with Crippen LogP contribution in [0.3, 0.4) is 0 Å². The molecule has 0 aliphatic heterocycles. The number of esters is 1. The fraction of sp³-hybridized carbons (Fsp3) is 0.231. The molecule has 0 aliphatic carbocycles. The summed E-state index contributed by atoms with van der Waals surface area (Å²) in [6.45, 7) is 2.02. The highest BCUT2D eigenvalue weighted by Gasteiger charge is 2.12. The molecule has 1 heterocycles. The number of carbonyl (C=O) groups excluding carboxylic acids is 1. The van der Waals surface area contributed by atoms with Crippen LogP contribution in [0.25, 0.3) is 0 Å². The number of hydrogen-bond donors (Lipinski definition) is 0. The minimum Gasteiger partial charge on any atom is -0.423 e. The van der Waals surface area contributed by atoms with Crippen molar-refractivity contribution in [3.8, 4) is 5.75 Å². The number of hydrogen-bond acceptors (Lipinski definition) is 3. The van der Waals surface area contributed by atoms with Gasteiger partial charge >= 0.3 is 5.97 Å². The lowest BCUT2D eigenvalue weighted by Crippen LogP contribution is -2.08. The van der Waals surface area contributed by atoms with Gasteiger partial charge in [0, 0.05) is 13.2 Å². The van der Waals surface area contributed by atoms with Gasteiger partial charge in [0.05, 0.1) is 11.8 Å². The van der Waals surface area contributed by atoms with E-state index in [0.717, 1.165) is 12.0 Å². The van der Waals surface area contributed by atoms with Crippen molar-refractivity contribution in [2.45, 2.75) is 13.3 Å². The van der Waals surface area contributed by atoms with E-state index in [-0.39, 0.29) is 5.97 Å². The maximum absolute atomic E-state index is 11.8. The molecular weight excluding hydrogens is 216 g/mol. The Morgan fingerprint density at radius 1 is 1.41 bits per heavy atom. The van der Waals surface area contributed by atoms with Gasteiger partial charge in [-0.3, -0.25) is 4.68 Å². The SMILES string of the molecule is CCc1ccccc1OC(=O)c1cnn(C)c1. The molecule has 0 aliphatic rings. The van der Waals surface area contributed by atoms with E-state index in [4.69, 9.17) is 4.74 Å². The number of aryl methyl sites for hydroxylation is 2. The Balaban J connectivity index is 2.18. The standard InChI is InChI=1S/C13H14N2O2/c1-3-10-6-4-5-7-12(10)17-13(16)11-8-14-15(2)9-11/h4-9H,3H2,1-2H3. The first-order chi connectivity index (χ1) is 8.20. The summed E-state index contributed by atoms with van der Waals surface area (Å²) < 4.78 is 6.92. The molecule has 1 aromatic carbocycles. The van der Waals surface area contributed by atoms with Gasteiger partial charge in [0.2, 0.25) is 0 Å². The molecule has 0 radical (unpaired) electrons. The third kappa shape index (κ3) is 2.53. The van der Waals surface area contributed by atoms with Crippen molar-refractivity contribution in [3.05, 3.63) is 47.8 Å². The largest absolute Gasteiger partial charge is 0.423 e. The number of benzene rings is 1. The Morgan fingerprint density at radius 3 is 2.82 bits per heavy atom. The van der Waals surface area contributed by atoms with Crippen molar-refractivity contribution in [1.82, 2.24) is 9.78 Å². The van der Waals surface area contributed by atoms with E-state index in [1.165, 1.54) is 6.20 Å². The first-order valence-corrected chi connectivity index (χ1v) is 5.49. The van der Waals surface area contributed by atoms with Crippen LogP contribution in [0, 0.1) is 0 Å². The van der Waals surface area contributed by atoms with Crippen molar-refractivity contribution in [3.63, 3.8) is 0 Å². The second-order valence-electron chi connectivity index (χ2n) is 3.75. The topological polar surface area (TPSA) is 44.1 Å². The lowest BCUT2D eigenvalue weighted by Gasteiger charge is -2.07. The molecule has 1 aromatic heterocycles. The average molecular weight is 230 g/mol. The Hall–Kier alpha value is -2.10. The van der Waals surface area contributed by atoms with Crippen LogP contribution in [0.2, 0.25) is 0 Å². The summed E-state index contributed by atoms with van der Waals surface area (Å²) >= 11 is 0. The first-order valence-electron chi connectivity index (χ1n) is 5.49. The summed E-state index contributed by atoms with van der Waals surface area (Å²) in [6.07, 6.45) is 3.96. The highest BCUT2D eigenvalue weighted by molar-refractivity contribution is 5.90. The molecule has 0 bridgehead atoms. The predicted octanol–water partition coefficient (Wildman–Crippen LogP) is 2.20. The minimum atomic E-state index is -0.376. The Morgan fingerprint density at radius 2 is 2.18 bits per heavy atom. The van der Waals surface area contributed by atoms with Crippen LogP contribution >= 0.6 is 0 Å². The maximum atomic E-state index is 11.8. The van der Waals surface area contributed by atoms with E-state index in [2.05, 4.69) is 5.10 Å². The Bertz CT molecular complexity index is 532.